The molecule has 0 aliphatic carbocycles. The van der Waals surface area contributed by atoms with E-state index in [9.17, 15) is 9.59 Å². The van der Waals surface area contributed by atoms with Crippen molar-refractivity contribution in [1.82, 2.24) is 5.32 Å². The molecule has 13 heavy (non-hydrogen) atoms. The Kier molecular flexibility index (Phi) is 3.79. The Morgan fingerprint density at radius 1 is 1.54 bits per heavy atom. The molecule has 0 rings (SSSR count). The monoisotopic (exact) mass is 191 g/mol. The highest BCUT2D eigenvalue weighted by atomic mass is 16.4. The normalized spacial score (nSPS) is 13.5. The maximum Gasteiger partial charge on any atom is 0.328 e. The van der Waals surface area contributed by atoms with Crippen LogP contribution in [0.3, 0.4) is 0 Å². The molecule has 1 amide bonds. The average molecular weight is 191 g/mol. The maximum atomic E-state index is 11.0. The number of rotatable bonds is 4. The van der Waals surface area contributed by atoms with Crippen LogP contribution >= 0.6 is 0 Å². The molecular weight excluding hydrogens is 178 g/mol. The molecule has 0 spiro atoms. The number of carboxylic acid groups (broad SMARTS) is 1. The van der Waals surface area contributed by atoms with Crippen molar-refractivity contribution in [3.8, 4) is 0 Å². The van der Waals surface area contributed by atoms with Crippen molar-refractivity contribution < 1.29 is 19.8 Å². The van der Waals surface area contributed by atoms with Gasteiger partial charge < -0.3 is 27.0 Å². The summed E-state index contributed by atoms with van der Waals surface area (Å²) >= 11 is 0. The molecule has 7 nitrogen and oxygen atoms in total. The first-order valence-electron chi connectivity index (χ1n) is 3.51. The van der Waals surface area contributed by atoms with Gasteiger partial charge in [-0.05, 0) is 6.92 Å². The number of amides is 1. The maximum absolute atomic E-state index is 11.0. The molecule has 0 aliphatic heterocycles. The lowest BCUT2D eigenvalue weighted by Crippen LogP contribution is -2.61. The van der Waals surface area contributed by atoms with Crippen LogP contribution in [0.5, 0.6) is 0 Å². The first-order valence-corrected chi connectivity index (χ1v) is 3.51. The molecule has 0 unspecified atom stereocenters. The van der Waals surface area contributed by atoms with Crippen LogP contribution in [0.1, 0.15) is 6.92 Å². The van der Waals surface area contributed by atoms with E-state index in [1.54, 1.807) is 0 Å². The SMILES string of the molecule is CC(N)(N)C(=O)N[C@@H](CO)C(=O)O. The van der Waals surface area contributed by atoms with Crippen LogP contribution < -0.4 is 16.8 Å². The van der Waals surface area contributed by atoms with Gasteiger partial charge in [-0.3, -0.25) is 4.79 Å². The predicted octanol–water partition coefficient (Wildman–Crippen LogP) is -2.82. The van der Waals surface area contributed by atoms with E-state index in [1.165, 1.54) is 6.92 Å². The van der Waals surface area contributed by atoms with Crippen molar-refractivity contribution in [2.45, 2.75) is 18.6 Å². The summed E-state index contributed by atoms with van der Waals surface area (Å²) < 4.78 is 0. The van der Waals surface area contributed by atoms with Crippen LogP contribution in [0, 0.1) is 0 Å². The third-order valence-electron chi connectivity index (χ3n) is 1.28. The lowest BCUT2D eigenvalue weighted by molar-refractivity contribution is -0.143. The van der Waals surface area contributed by atoms with Gasteiger partial charge >= 0.3 is 5.97 Å². The number of aliphatic carboxylic acids is 1. The van der Waals surface area contributed by atoms with Crippen molar-refractivity contribution in [1.29, 1.82) is 0 Å². The summed E-state index contributed by atoms with van der Waals surface area (Å²) in [7, 11) is 0. The second-order valence-corrected chi connectivity index (χ2v) is 2.83. The highest BCUT2D eigenvalue weighted by Gasteiger charge is 2.27. The Bertz CT molecular complexity index is 210. The topological polar surface area (TPSA) is 139 Å². The molecule has 0 aromatic carbocycles. The minimum atomic E-state index is -1.65. The van der Waals surface area contributed by atoms with Crippen LogP contribution in [-0.2, 0) is 9.59 Å². The van der Waals surface area contributed by atoms with Crippen molar-refractivity contribution in [3.63, 3.8) is 0 Å². The molecule has 7 N–H and O–H groups in total. The molecule has 76 valence electrons. The van der Waals surface area contributed by atoms with Gasteiger partial charge in [0.25, 0.3) is 5.91 Å². The van der Waals surface area contributed by atoms with Gasteiger partial charge in [-0.2, -0.15) is 0 Å². The predicted molar refractivity (Wildman–Crippen MR) is 43.4 cm³/mol. The lowest BCUT2D eigenvalue weighted by atomic mass is 10.2. The van der Waals surface area contributed by atoms with Gasteiger partial charge in [0.1, 0.15) is 11.7 Å². The molecular formula is C6H13N3O4. The molecule has 0 saturated carbocycles. The van der Waals surface area contributed by atoms with Crippen molar-refractivity contribution in [2.24, 2.45) is 11.5 Å². The number of carbonyl (C=O) groups excluding carboxylic acids is 1. The first-order chi connectivity index (χ1) is 5.79. The van der Waals surface area contributed by atoms with E-state index >= 15 is 0 Å². The van der Waals surface area contributed by atoms with Gasteiger partial charge in [-0.15, -0.1) is 0 Å². The zero-order valence-corrected chi connectivity index (χ0v) is 7.15. The Morgan fingerprint density at radius 3 is 2.23 bits per heavy atom. The summed E-state index contributed by atoms with van der Waals surface area (Å²) in [5.41, 5.74) is 8.70. The minimum absolute atomic E-state index is 0.711. The summed E-state index contributed by atoms with van der Waals surface area (Å²) in [5, 5.41) is 18.9. The lowest BCUT2D eigenvalue weighted by Gasteiger charge is -2.20. The number of carboxylic acids is 1. The van der Waals surface area contributed by atoms with Gasteiger partial charge in [0.2, 0.25) is 0 Å². The van der Waals surface area contributed by atoms with Crippen LogP contribution in [0.25, 0.3) is 0 Å². The van der Waals surface area contributed by atoms with Crippen LogP contribution in [0.2, 0.25) is 0 Å². The second-order valence-electron chi connectivity index (χ2n) is 2.83. The van der Waals surface area contributed by atoms with Crippen molar-refractivity contribution in [2.75, 3.05) is 6.61 Å². The summed E-state index contributed by atoms with van der Waals surface area (Å²) in [6.45, 7) is 0.510. The number of hydrogen-bond acceptors (Lipinski definition) is 5. The number of carbonyl (C=O) groups is 2. The molecule has 0 fully saturated rings. The standard InChI is InChI=1S/C6H13N3O4/c1-6(7,8)5(13)9-3(2-10)4(11)12/h3,10H,2,7-8H2,1H3,(H,9,13)(H,11,12)/t3-/m0/s1. The largest absolute Gasteiger partial charge is 0.480 e. The molecule has 0 aromatic heterocycles. The quantitative estimate of drug-likeness (QED) is 0.304. The van der Waals surface area contributed by atoms with Gasteiger partial charge in [0, 0.05) is 0 Å². The van der Waals surface area contributed by atoms with E-state index in [1.807, 2.05) is 5.32 Å². The fourth-order valence-corrected chi connectivity index (χ4v) is 0.499. The zero-order chi connectivity index (χ0) is 10.6. The van der Waals surface area contributed by atoms with E-state index in [0.29, 0.717) is 0 Å². The molecule has 0 saturated heterocycles. The third kappa shape index (κ3) is 3.83. The minimum Gasteiger partial charge on any atom is -0.480 e. The molecule has 1 atom stereocenters. The van der Waals surface area contributed by atoms with Gasteiger partial charge in [-0.1, -0.05) is 0 Å². The van der Waals surface area contributed by atoms with E-state index in [2.05, 4.69) is 0 Å². The van der Waals surface area contributed by atoms with Crippen LogP contribution in [-0.4, -0.2) is 40.4 Å². The Morgan fingerprint density at radius 2 is 2.00 bits per heavy atom. The Hall–Kier alpha value is -1.18. The smallest absolute Gasteiger partial charge is 0.328 e. The van der Waals surface area contributed by atoms with Crippen LogP contribution in [0.15, 0.2) is 0 Å². The first kappa shape index (κ1) is 11.8. The van der Waals surface area contributed by atoms with E-state index in [0.717, 1.165) is 0 Å². The third-order valence-corrected chi connectivity index (χ3v) is 1.28. The average Bonchev–Trinajstić information content (AvgIpc) is 1.96. The molecule has 0 heterocycles. The van der Waals surface area contributed by atoms with Gasteiger partial charge in [-0.25, -0.2) is 4.79 Å². The summed E-state index contributed by atoms with van der Waals surface area (Å²) in [6, 6.07) is -1.38. The zero-order valence-electron chi connectivity index (χ0n) is 7.15. The number of aliphatic hydroxyl groups excluding tert-OH is 1. The van der Waals surface area contributed by atoms with E-state index < -0.39 is 30.2 Å². The number of nitrogens with two attached hydrogens (primary N) is 2. The summed E-state index contributed by atoms with van der Waals surface area (Å²) in [6.07, 6.45) is 0. The second kappa shape index (κ2) is 4.17. The highest BCUT2D eigenvalue weighted by molar-refractivity contribution is 5.89. The van der Waals surface area contributed by atoms with Gasteiger partial charge in [0.15, 0.2) is 0 Å². The molecule has 0 bridgehead atoms. The number of hydrogen-bond donors (Lipinski definition) is 5. The molecule has 0 aromatic rings. The highest BCUT2D eigenvalue weighted by Crippen LogP contribution is 1.90. The van der Waals surface area contributed by atoms with E-state index in [-0.39, 0.29) is 0 Å². The Labute approximate surface area is 74.7 Å². The number of aliphatic hydroxyl groups is 1. The Balaban J connectivity index is 4.26. The van der Waals surface area contributed by atoms with Crippen LogP contribution in [0.4, 0.5) is 0 Å². The molecule has 7 heteroatoms. The number of nitrogens with one attached hydrogen (secondary N) is 1. The van der Waals surface area contributed by atoms with E-state index in [4.69, 9.17) is 21.7 Å². The van der Waals surface area contributed by atoms with Crippen molar-refractivity contribution in [3.05, 3.63) is 0 Å². The summed E-state index contributed by atoms with van der Waals surface area (Å²) in [5.74, 6) is -2.19. The fraction of sp³-hybridized carbons (Fsp3) is 0.667. The van der Waals surface area contributed by atoms with Crippen molar-refractivity contribution >= 4 is 11.9 Å². The molecule has 0 radical (unpaired) electrons. The summed E-state index contributed by atoms with van der Waals surface area (Å²) in [4.78, 5) is 21.3. The van der Waals surface area contributed by atoms with Gasteiger partial charge in [0.05, 0.1) is 6.61 Å². The molecule has 0 aliphatic rings. The fourth-order valence-electron chi connectivity index (χ4n) is 0.499.